The second-order valence-electron chi connectivity index (χ2n) is 8.70. The fourth-order valence-electron chi connectivity index (χ4n) is 4.28. The van der Waals surface area contributed by atoms with Crippen LogP contribution in [-0.4, -0.2) is 58.1 Å². The van der Waals surface area contributed by atoms with Crippen LogP contribution in [0.2, 0.25) is 0 Å². The zero-order valence-corrected chi connectivity index (χ0v) is 20.5. The molecule has 35 heavy (non-hydrogen) atoms. The number of aromatic nitrogens is 3. The van der Waals surface area contributed by atoms with E-state index in [2.05, 4.69) is 49.4 Å². The Labute approximate surface area is 210 Å². The number of thiazole rings is 1. The molecule has 1 N–H and O–H groups in total. The normalized spacial score (nSPS) is 13.7. The van der Waals surface area contributed by atoms with Gasteiger partial charge in [0.2, 0.25) is 0 Å². The van der Waals surface area contributed by atoms with Crippen molar-refractivity contribution in [2.45, 2.75) is 19.5 Å². The number of hydrogen-bond acceptors (Lipinski definition) is 6. The lowest BCUT2D eigenvalue weighted by molar-refractivity contribution is 0.0736. The van der Waals surface area contributed by atoms with Crippen LogP contribution in [0.4, 0.5) is 5.13 Å². The summed E-state index contributed by atoms with van der Waals surface area (Å²) in [5.41, 5.74) is 4.05. The molecule has 0 saturated carbocycles. The van der Waals surface area contributed by atoms with Gasteiger partial charge in [-0.1, -0.05) is 42.5 Å². The number of carbonyl (C=O) groups is 1. The van der Waals surface area contributed by atoms with Gasteiger partial charge in [-0.05, 0) is 24.1 Å². The first-order chi connectivity index (χ1) is 17.3. The quantitative estimate of drug-likeness (QED) is 0.385. The number of imidazole rings is 1. The molecule has 8 heteroatoms. The molecule has 0 unspecified atom stereocenters. The molecule has 1 saturated heterocycles. The fourth-order valence-corrected chi connectivity index (χ4v) is 5.14. The lowest BCUT2D eigenvalue weighted by Gasteiger charge is -2.27. The number of benzene rings is 2. The van der Waals surface area contributed by atoms with Gasteiger partial charge in [0.1, 0.15) is 0 Å². The van der Waals surface area contributed by atoms with E-state index in [1.165, 1.54) is 5.56 Å². The van der Waals surface area contributed by atoms with E-state index in [0.717, 1.165) is 74.2 Å². The monoisotopic (exact) mass is 486 g/mol. The van der Waals surface area contributed by atoms with Crippen LogP contribution < -0.4 is 10.2 Å². The minimum atomic E-state index is 0.114. The Hall–Kier alpha value is -3.49. The van der Waals surface area contributed by atoms with Crippen LogP contribution in [0.5, 0.6) is 0 Å². The molecule has 7 nitrogen and oxygen atoms in total. The van der Waals surface area contributed by atoms with Crippen LogP contribution in [0.3, 0.4) is 0 Å². The third-order valence-corrected chi connectivity index (χ3v) is 7.12. The van der Waals surface area contributed by atoms with Gasteiger partial charge in [0.25, 0.3) is 5.91 Å². The summed E-state index contributed by atoms with van der Waals surface area (Å²) in [5, 5.41) is 6.43. The van der Waals surface area contributed by atoms with Gasteiger partial charge in [0, 0.05) is 74.7 Å². The van der Waals surface area contributed by atoms with E-state index in [1.807, 2.05) is 54.0 Å². The molecule has 1 aliphatic rings. The summed E-state index contributed by atoms with van der Waals surface area (Å²) in [6.07, 6.45) is 6.65. The molecular formula is C27H30N6OS. The van der Waals surface area contributed by atoms with Gasteiger partial charge in [-0.3, -0.25) is 4.79 Å². The van der Waals surface area contributed by atoms with Crippen molar-refractivity contribution in [3.63, 3.8) is 0 Å². The molecule has 0 atom stereocenters. The second kappa shape index (κ2) is 11.3. The van der Waals surface area contributed by atoms with Crippen molar-refractivity contribution >= 4 is 22.4 Å². The van der Waals surface area contributed by atoms with E-state index in [1.54, 1.807) is 11.3 Å². The Bertz CT molecular complexity index is 1200. The summed E-state index contributed by atoms with van der Waals surface area (Å²) in [6.45, 7) is 5.77. The third-order valence-electron chi connectivity index (χ3n) is 6.21. The highest BCUT2D eigenvalue weighted by Crippen LogP contribution is 2.28. The predicted octanol–water partition coefficient (Wildman–Crippen LogP) is 4.15. The molecule has 2 aromatic carbocycles. The minimum Gasteiger partial charge on any atom is -0.344 e. The summed E-state index contributed by atoms with van der Waals surface area (Å²) < 4.78 is 2.10. The maximum atomic E-state index is 12.8. The van der Waals surface area contributed by atoms with Crippen molar-refractivity contribution in [1.29, 1.82) is 0 Å². The summed E-state index contributed by atoms with van der Waals surface area (Å²) in [6, 6.07) is 18.4. The van der Waals surface area contributed by atoms with E-state index in [4.69, 9.17) is 4.98 Å². The molecular weight excluding hydrogens is 456 g/mol. The molecule has 1 amide bonds. The number of hydrogen-bond donors (Lipinski definition) is 1. The van der Waals surface area contributed by atoms with E-state index in [9.17, 15) is 4.79 Å². The van der Waals surface area contributed by atoms with Gasteiger partial charge in [0.05, 0.1) is 12.0 Å². The van der Waals surface area contributed by atoms with Crippen LogP contribution in [-0.2, 0) is 13.1 Å². The molecule has 0 spiro atoms. The van der Waals surface area contributed by atoms with E-state index < -0.39 is 0 Å². The summed E-state index contributed by atoms with van der Waals surface area (Å²) >= 11 is 1.68. The van der Waals surface area contributed by atoms with Gasteiger partial charge < -0.3 is 19.7 Å². The first kappa shape index (κ1) is 23.3. The Morgan fingerprint density at radius 3 is 2.60 bits per heavy atom. The number of carbonyl (C=O) groups excluding carboxylic acids is 1. The number of nitrogens with one attached hydrogen (secondary N) is 1. The van der Waals surface area contributed by atoms with E-state index >= 15 is 0 Å². The molecule has 180 valence electrons. The minimum absolute atomic E-state index is 0.114. The van der Waals surface area contributed by atoms with Gasteiger partial charge in [-0.15, -0.1) is 11.3 Å². The SMILES string of the molecule is O=C(c1ccc(CN(CCCn2ccnc2)c2nc(-c3ccccc3)cs2)cc1)N1CCNCC1. The fraction of sp³-hybridized carbons (Fsp3) is 0.296. The van der Waals surface area contributed by atoms with Crippen molar-refractivity contribution < 1.29 is 4.79 Å². The van der Waals surface area contributed by atoms with E-state index in [0.29, 0.717) is 0 Å². The number of nitrogens with zero attached hydrogens (tertiary/aromatic N) is 5. The van der Waals surface area contributed by atoms with Crippen molar-refractivity contribution in [1.82, 2.24) is 24.8 Å². The standard InChI is InChI=1S/C27H30N6OS/c34-26(32-17-12-28-13-18-32)24-9-7-22(8-10-24)19-33(15-4-14-31-16-11-29-21-31)27-30-25(20-35-27)23-5-2-1-3-6-23/h1-3,5-11,16,20-21,28H,4,12-15,17-19H2. The van der Waals surface area contributed by atoms with E-state index in [-0.39, 0.29) is 5.91 Å². The first-order valence-electron chi connectivity index (χ1n) is 12.1. The van der Waals surface area contributed by atoms with Crippen molar-refractivity contribution in [3.8, 4) is 11.3 Å². The largest absolute Gasteiger partial charge is 0.344 e. The topological polar surface area (TPSA) is 66.3 Å². The van der Waals surface area contributed by atoms with Crippen molar-refractivity contribution in [2.75, 3.05) is 37.6 Å². The van der Waals surface area contributed by atoms with Crippen LogP contribution >= 0.6 is 11.3 Å². The van der Waals surface area contributed by atoms with Crippen LogP contribution in [0.15, 0.2) is 78.7 Å². The molecule has 2 aromatic heterocycles. The van der Waals surface area contributed by atoms with Gasteiger partial charge >= 0.3 is 0 Å². The average Bonchev–Trinajstić information content (AvgIpc) is 3.62. The zero-order chi connectivity index (χ0) is 23.9. The molecule has 0 bridgehead atoms. The van der Waals surface area contributed by atoms with Crippen molar-refractivity contribution in [2.24, 2.45) is 0 Å². The Morgan fingerprint density at radius 2 is 1.86 bits per heavy atom. The lowest BCUT2D eigenvalue weighted by atomic mass is 10.1. The third kappa shape index (κ3) is 5.96. The molecule has 4 aromatic rings. The number of rotatable bonds is 9. The zero-order valence-electron chi connectivity index (χ0n) is 19.7. The van der Waals surface area contributed by atoms with Crippen LogP contribution in [0.1, 0.15) is 22.3 Å². The summed E-state index contributed by atoms with van der Waals surface area (Å²) in [5.74, 6) is 0.114. The lowest BCUT2D eigenvalue weighted by Crippen LogP contribution is -2.46. The molecule has 0 radical (unpaired) electrons. The number of amides is 1. The van der Waals surface area contributed by atoms with Crippen molar-refractivity contribution in [3.05, 3.63) is 89.8 Å². The number of piperazine rings is 1. The van der Waals surface area contributed by atoms with Crippen LogP contribution in [0, 0.1) is 0 Å². The van der Waals surface area contributed by atoms with Gasteiger partial charge in [0.15, 0.2) is 5.13 Å². The molecule has 3 heterocycles. The molecule has 1 aliphatic heterocycles. The van der Waals surface area contributed by atoms with Gasteiger partial charge in [-0.2, -0.15) is 0 Å². The average molecular weight is 487 g/mol. The van der Waals surface area contributed by atoms with Crippen LogP contribution in [0.25, 0.3) is 11.3 Å². The molecule has 0 aliphatic carbocycles. The first-order valence-corrected chi connectivity index (χ1v) is 12.9. The smallest absolute Gasteiger partial charge is 0.253 e. The highest BCUT2D eigenvalue weighted by molar-refractivity contribution is 7.14. The Kier molecular flexibility index (Phi) is 7.50. The van der Waals surface area contributed by atoms with Gasteiger partial charge in [-0.25, -0.2) is 9.97 Å². The predicted molar refractivity (Wildman–Crippen MR) is 141 cm³/mol. The molecule has 1 fully saturated rings. The highest BCUT2D eigenvalue weighted by atomic mass is 32.1. The maximum absolute atomic E-state index is 12.8. The Balaban J connectivity index is 1.30. The maximum Gasteiger partial charge on any atom is 0.253 e. The number of anilines is 1. The summed E-state index contributed by atoms with van der Waals surface area (Å²) in [7, 11) is 0. The highest BCUT2D eigenvalue weighted by Gasteiger charge is 2.18. The summed E-state index contributed by atoms with van der Waals surface area (Å²) in [4.78, 5) is 26.2. The Morgan fingerprint density at radius 1 is 1.06 bits per heavy atom. The second-order valence-corrected chi connectivity index (χ2v) is 9.53. The molecule has 5 rings (SSSR count). The number of aryl methyl sites for hydroxylation is 1.